The third-order valence-electron chi connectivity index (χ3n) is 5.23. The van der Waals surface area contributed by atoms with E-state index >= 15 is 0 Å². The molecule has 6 heteroatoms. The highest BCUT2D eigenvalue weighted by Gasteiger charge is 2.51. The van der Waals surface area contributed by atoms with Gasteiger partial charge in [0.25, 0.3) is 5.91 Å². The van der Waals surface area contributed by atoms with E-state index in [4.69, 9.17) is 0 Å². The van der Waals surface area contributed by atoms with E-state index < -0.39 is 11.6 Å². The van der Waals surface area contributed by atoms with Crippen LogP contribution < -0.4 is 5.32 Å². The maximum Gasteiger partial charge on any atom is 0.325 e. The number of rotatable bonds is 3. The Labute approximate surface area is 131 Å². The van der Waals surface area contributed by atoms with Crippen molar-refractivity contribution < 1.29 is 14.4 Å². The summed E-state index contributed by atoms with van der Waals surface area (Å²) in [6.07, 6.45) is 8.75. The van der Waals surface area contributed by atoms with Gasteiger partial charge in [-0.05, 0) is 25.7 Å². The molecule has 2 saturated carbocycles. The van der Waals surface area contributed by atoms with Gasteiger partial charge in [0, 0.05) is 13.1 Å². The molecule has 0 aromatic heterocycles. The Balaban J connectivity index is 1.68. The van der Waals surface area contributed by atoms with Gasteiger partial charge in [0.05, 0.1) is 0 Å². The minimum absolute atomic E-state index is 0.126. The number of hydrogen-bond donors (Lipinski definition) is 1. The average Bonchev–Trinajstić information content (AvgIpc) is 3.27. The van der Waals surface area contributed by atoms with Crippen LogP contribution in [0.5, 0.6) is 0 Å². The zero-order valence-electron chi connectivity index (χ0n) is 13.3. The molecule has 122 valence electrons. The second kappa shape index (κ2) is 5.89. The highest BCUT2D eigenvalue weighted by Crippen LogP contribution is 2.32. The molecule has 3 fully saturated rings. The molecule has 3 aliphatic rings. The molecule has 4 amide bonds. The van der Waals surface area contributed by atoms with Crippen molar-refractivity contribution in [3.8, 4) is 0 Å². The fraction of sp³-hybridized carbons (Fsp3) is 0.812. The smallest absolute Gasteiger partial charge is 0.325 e. The van der Waals surface area contributed by atoms with Gasteiger partial charge in [-0.15, -0.1) is 0 Å². The van der Waals surface area contributed by atoms with Crippen LogP contribution in [0.4, 0.5) is 4.79 Å². The Morgan fingerprint density at radius 3 is 2.36 bits per heavy atom. The molecule has 22 heavy (non-hydrogen) atoms. The van der Waals surface area contributed by atoms with Gasteiger partial charge in [0.1, 0.15) is 12.1 Å². The van der Waals surface area contributed by atoms with E-state index in [0.29, 0.717) is 18.9 Å². The summed E-state index contributed by atoms with van der Waals surface area (Å²) in [4.78, 5) is 40.0. The van der Waals surface area contributed by atoms with Crippen molar-refractivity contribution in [3.63, 3.8) is 0 Å². The fourth-order valence-electron chi connectivity index (χ4n) is 3.58. The number of amides is 4. The van der Waals surface area contributed by atoms with Crippen LogP contribution in [-0.2, 0) is 9.59 Å². The first-order valence-electron chi connectivity index (χ1n) is 8.43. The molecule has 6 nitrogen and oxygen atoms in total. The summed E-state index contributed by atoms with van der Waals surface area (Å²) in [5.74, 6) is -0.342. The third-order valence-corrected chi connectivity index (χ3v) is 5.23. The molecule has 1 saturated heterocycles. The van der Waals surface area contributed by atoms with Crippen LogP contribution in [-0.4, -0.2) is 52.8 Å². The van der Waals surface area contributed by atoms with Gasteiger partial charge in [-0.3, -0.25) is 14.5 Å². The van der Waals surface area contributed by atoms with Gasteiger partial charge in [0.15, 0.2) is 0 Å². The lowest BCUT2D eigenvalue weighted by Crippen LogP contribution is -2.48. The normalized spacial score (nSPS) is 24.9. The van der Waals surface area contributed by atoms with E-state index in [2.05, 4.69) is 5.32 Å². The topological polar surface area (TPSA) is 69.7 Å². The zero-order valence-corrected chi connectivity index (χ0v) is 13.3. The largest absolute Gasteiger partial charge is 0.341 e. The van der Waals surface area contributed by atoms with E-state index in [1.54, 1.807) is 11.9 Å². The monoisotopic (exact) mass is 307 g/mol. The molecule has 1 aliphatic heterocycles. The second-order valence-electron chi connectivity index (χ2n) is 6.91. The minimum atomic E-state index is -0.754. The van der Waals surface area contributed by atoms with Crippen molar-refractivity contribution in [1.82, 2.24) is 15.1 Å². The maximum absolute atomic E-state index is 12.8. The van der Waals surface area contributed by atoms with E-state index in [-0.39, 0.29) is 18.4 Å². The number of urea groups is 1. The van der Waals surface area contributed by atoms with Gasteiger partial charge < -0.3 is 10.2 Å². The quantitative estimate of drug-likeness (QED) is 0.806. The van der Waals surface area contributed by atoms with Gasteiger partial charge in [-0.25, -0.2) is 4.79 Å². The summed E-state index contributed by atoms with van der Waals surface area (Å²) in [5, 5.41) is 2.89. The van der Waals surface area contributed by atoms with E-state index in [1.165, 1.54) is 6.42 Å². The number of carbonyl (C=O) groups excluding carboxylic acids is 3. The highest BCUT2D eigenvalue weighted by atomic mass is 16.2. The lowest BCUT2D eigenvalue weighted by Gasteiger charge is -2.28. The Morgan fingerprint density at radius 2 is 1.77 bits per heavy atom. The summed E-state index contributed by atoms with van der Waals surface area (Å²) in [6, 6.07) is -0.105. The highest BCUT2D eigenvalue weighted by molar-refractivity contribution is 6.09. The lowest BCUT2D eigenvalue weighted by molar-refractivity contribution is -0.139. The van der Waals surface area contributed by atoms with Crippen molar-refractivity contribution in [2.24, 2.45) is 0 Å². The predicted octanol–water partition coefficient (Wildman–Crippen LogP) is 1.64. The van der Waals surface area contributed by atoms with E-state index in [1.807, 2.05) is 0 Å². The molecule has 1 heterocycles. The molecule has 1 spiro atoms. The zero-order chi connectivity index (χ0) is 15.7. The van der Waals surface area contributed by atoms with Crippen LogP contribution in [0.15, 0.2) is 0 Å². The molecule has 0 atom stereocenters. The number of likely N-dealkylation sites (N-methyl/N-ethyl adjacent to an activating group) is 1. The van der Waals surface area contributed by atoms with Crippen molar-refractivity contribution in [1.29, 1.82) is 0 Å². The number of hydrogen-bond acceptors (Lipinski definition) is 3. The van der Waals surface area contributed by atoms with Crippen molar-refractivity contribution in [2.45, 2.75) is 69.4 Å². The number of imide groups is 1. The minimum Gasteiger partial charge on any atom is -0.341 e. The first kappa shape index (κ1) is 15.3. The van der Waals surface area contributed by atoms with Crippen LogP contribution in [0.25, 0.3) is 0 Å². The van der Waals surface area contributed by atoms with Crippen molar-refractivity contribution >= 4 is 17.8 Å². The molecular formula is C16H25N3O3. The van der Waals surface area contributed by atoms with Crippen LogP contribution >= 0.6 is 0 Å². The lowest BCUT2D eigenvalue weighted by atomic mass is 9.84. The third kappa shape index (κ3) is 2.83. The summed E-state index contributed by atoms with van der Waals surface area (Å²) < 4.78 is 0. The molecule has 0 aromatic rings. The Morgan fingerprint density at radius 1 is 1.18 bits per heavy atom. The Kier molecular flexibility index (Phi) is 4.10. The van der Waals surface area contributed by atoms with Gasteiger partial charge in [0.2, 0.25) is 5.91 Å². The van der Waals surface area contributed by atoms with Crippen LogP contribution in [0, 0.1) is 0 Å². The summed E-state index contributed by atoms with van der Waals surface area (Å²) in [6.45, 7) is -0.126. The SMILES string of the molecule is CN(C(=O)CN1C(=O)NC2(CCCCCCC2)C1=O)C1CC1. The molecular weight excluding hydrogens is 282 g/mol. The standard InChI is InChI=1S/C16H25N3O3/c1-18(12-7-8-12)13(20)11-19-14(21)16(17-15(19)22)9-5-3-2-4-6-10-16/h12H,2-11H2,1H3,(H,17,22). The predicted molar refractivity (Wildman–Crippen MR) is 81.1 cm³/mol. The van der Waals surface area contributed by atoms with Crippen LogP contribution in [0.2, 0.25) is 0 Å². The first-order valence-corrected chi connectivity index (χ1v) is 8.43. The molecule has 0 aromatic carbocycles. The number of nitrogens with zero attached hydrogens (tertiary/aromatic N) is 2. The fourth-order valence-corrected chi connectivity index (χ4v) is 3.58. The molecule has 0 unspecified atom stereocenters. The molecule has 0 bridgehead atoms. The molecule has 1 N–H and O–H groups in total. The van der Waals surface area contributed by atoms with Gasteiger partial charge in [-0.1, -0.05) is 32.1 Å². The van der Waals surface area contributed by atoms with E-state index in [9.17, 15) is 14.4 Å². The number of nitrogens with one attached hydrogen (secondary N) is 1. The first-order chi connectivity index (χ1) is 10.5. The molecule has 3 rings (SSSR count). The Bertz CT molecular complexity index is 479. The summed E-state index contributed by atoms with van der Waals surface area (Å²) in [7, 11) is 1.75. The molecule has 2 aliphatic carbocycles. The average molecular weight is 307 g/mol. The Hall–Kier alpha value is -1.59. The molecule has 0 radical (unpaired) electrons. The second-order valence-corrected chi connectivity index (χ2v) is 6.91. The summed E-state index contributed by atoms with van der Waals surface area (Å²) in [5.41, 5.74) is -0.754. The summed E-state index contributed by atoms with van der Waals surface area (Å²) >= 11 is 0. The van der Waals surface area contributed by atoms with Crippen molar-refractivity contribution in [3.05, 3.63) is 0 Å². The van der Waals surface area contributed by atoms with E-state index in [0.717, 1.165) is 43.4 Å². The maximum atomic E-state index is 12.8. The van der Waals surface area contributed by atoms with Crippen molar-refractivity contribution in [2.75, 3.05) is 13.6 Å². The number of carbonyl (C=O) groups is 3. The van der Waals surface area contributed by atoms with Crippen LogP contribution in [0.3, 0.4) is 0 Å². The van der Waals surface area contributed by atoms with Gasteiger partial charge in [-0.2, -0.15) is 0 Å². The van der Waals surface area contributed by atoms with Gasteiger partial charge >= 0.3 is 6.03 Å². The van der Waals surface area contributed by atoms with Crippen LogP contribution in [0.1, 0.15) is 57.8 Å².